The summed E-state index contributed by atoms with van der Waals surface area (Å²) in [5.41, 5.74) is 6.99. The standard InChI is InChI=1S/C18H21N3O4/c1-4-25-14-7-5-13(6-8-14)12(3)20-18(22)15-9-11(2)10-16(17(15)19)21(23)24/h5-10,12H,4,19H2,1-3H3,(H,20,22). The normalized spacial score (nSPS) is 11.6. The molecule has 25 heavy (non-hydrogen) atoms. The number of nitro groups is 1. The molecule has 1 amide bonds. The second-order valence-electron chi connectivity index (χ2n) is 5.70. The van der Waals surface area contributed by atoms with E-state index in [1.165, 1.54) is 6.07 Å². The maximum atomic E-state index is 12.5. The number of carbonyl (C=O) groups is 1. The van der Waals surface area contributed by atoms with Crippen molar-refractivity contribution in [3.05, 3.63) is 63.2 Å². The third kappa shape index (κ3) is 4.26. The van der Waals surface area contributed by atoms with Crippen LogP contribution in [0.15, 0.2) is 36.4 Å². The number of amides is 1. The molecule has 0 aliphatic rings. The number of rotatable bonds is 6. The van der Waals surface area contributed by atoms with Gasteiger partial charge in [0.05, 0.1) is 23.1 Å². The Balaban J connectivity index is 2.20. The first kappa shape index (κ1) is 18.3. The summed E-state index contributed by atoms with van der Waals surface area (Å²) in [7, 11) is 0. The molecule has 7 heteroatoms. The summed E-state index contributed by atoms with van der Waals surface area (Å²) in [5, 5.41) is 13.9. The number of nitrogens with two attached hydrogens (primary N) is 1. The van der Waals surface area contributed by atoms with Gasteiger partial charge in [-0.25, -0.2) is 0 Å². The molecule has 2 rings (SSSR count). The minimum atomic E-state index is -0.588. The monoisotopic (exact) mass is 343 g/mol. The highest BCUT2D eigenvalue weighted by molar-refractivity contribution is 6.01. The summed E-state index contributed by atoms with van der Waals surface area (Å²) in [6.07, 6.45) is 0. The molecule has 0 aromatic heterocycles. The van der Waals surface area contributed by atoms with Gasteiger partial charge in [0, 0.05) is 6.07 Å². The maximum absolute atomic E-state index is 12.5. The number of nitro benzene ring substituents is 1. The van der Waals surface area contributed by atoms with Gasteiger partial charge in [0.1, 0.15) is 11.4 Å². The zero-order chi connectivity index (χ0) is 18.6. The predicted molar refractivity (Wildman–Crippen MR) is 95.7 cm³/mol. The van der Waals surface area contributed by atoms with E-state index in [-0.39, 0.29) is 23.0 Å². The summed E-state index contributed by atoms with van der Waals surface area (Å²) in [5.74, 6) is 0.300. The van der Waals surface area contributed by atoms with E-state index in [0.29, 0.717) is 12.2 Å². The zero-order valence-corrected chi connectivity index (χ0v) is 14.4. The van der Waals surface area contributed by atoms with Gasteiger partial charge < -0.3 is 15.8 Å². The van der Waals surface area contributed by atoms with Crippen LogP contribution in [0.4, 0.5) is 11.4 Å². The number of anilines is 1. The summed E-state index contributed by atoms with van der Waals surface area (Å²) in [6, 6.07) is 9.98. The lowest BCUT2D eigenvalue weighted by Crippen LogP contribution is -2.27. The number of ether oxygens (including phenoxy) is 1. The number of aryl methyl sites for hydroxylation is 1. The summed E-state index contributed by atoms with van der Waals surface area (Å²) >= 11 is 0. The minimum absolute atomic E-state index is 0.101. The maximum Gasteiger partial charge on any atom is 0.293 e. The van der Waals surface area contributed by atoms with Gasteiger partial charge in [-0.3, -0.25) is 14.9 Å². The summed E-state index contributed by atoms with van der Waals surface area (Å²) in [6.45, 7) is 5.99. The summed E-state index contributed by atoms with van der Waals surface area (Å²) < 4.78 is 5.39. The Labute approximate surface area is 145 Å². The van der Waals surface area contributed by atoms with Crippen LogP contribution < -0.4 is 15.8 Å². The number of carbonyl (C=O) groups excluding carboxylic acids is 1. The molecule has 0 radical (unpaired) electrons. The van der Waals surface area contributed by atoms with Crippen LogP contribution in [-0.2, 0) is 0 Å². The first-order chi connectivity index (χ1) is 11.8. The second kappa shape index (κ2) is 7.65. The molecule has 1 atom stereocenters. The molecule has 0 aliphatic carbocycles. The average molecular weight is 343 g/mol. The lowest BCUT2D eigenvalue weighted by molar-refractivity contribution is -0.384. The number of hydrogen-bond acceptors (Lipinski definition) is 5. The molecule has 132 valence electrons. The summed E-state index contributed by atoms with van der Waals surface area (Å²) in [4.78, 5) is 23.0. The second-order valence-corrected chi connectivity index (χ2v) is 5.70. The quantitative estimate of drug-likeness (QED) is 0.475. The Kier molecular flexibility index (Phi) is 5.59. The Morgan fingerprint density at radius 2 is 1.96 bits per heavy atom. The topological polar surface area (TPSA) is 107 Å². The fourth-order valence-corrected chi connectivity index (χ4v) is 2.49. The van der Waals surface area contributed by atoms with E-state index in [9.17, 15) is 14.9 Å². The van der Waals surface area contributed by atoms with Gasteiger partial charge in [-0.05, 0) is 50.1 Å². The van der Waals surface area contributed by atoms with Crippen molar-refractivity contribution < 1.29 is 14.5 Å². The highest BCUT2D eigenvalue weighted by Gasteiger charge is 2.21. The molecule has 0 saturated heterocycles. The fourth-order valence-electron chi connectivity index (χ4n) is 2.49. The van der Waals surface area contributed by atoms with Gasteiger partial charge in [0.2, 0.25) is 0 Å². The lowest BCUT2D eigenvalue weighted by Gasteiger charge is -2.16. The highest BCUT2D eigenvalue weighted by Crippen LogP contribution is 2.27. The van der Waals surface area contributed by atoms with Crippen molar-refractivity contribution in [2.75, 3.05) is 12.3 Å². The van der Waals surface area contributed by atoms with Crippen LogP contribution >= 0.6 is 0 Å². The Hall–Kier alpha value is -3.09. The van der Waals surface area contributed by atoms with Gasteiger partial charge >= 0.3 is 0 Å². The van der Waals surface area contributed by atoms with Crippen LogP contribution in [0.5, 0.6) is 5.75 Å². The lowest BCUT2D eigenvalue weighted by atomic mass is 10.0. The molecule has 0 aliphatic heterocycles. The first-order valence-corrected chi connectivity index (χ1v) is 7.91. The number of hydrogen-bond donors (Lipinski definition) is 2. The Bertz CT molecular complexity index is 788. The predicted octanol–water partition coefficient (Wildman–Crippen LogP) is 3.38. The molecule has 1 unspecified atom stereocenters. The molecular formula is C18H21N3O4. The number of nitrogen functional groups attached to an aromatic ring is 1. The van der Waals surface area contributed by atoms with E-state index in [0.717, 1.165) is 11.3 Å². The minimum Gasteiger partial charge on any atom is -0.494 e. The molecule has 7 nitrogen and oxygen atoms in total. The van der Waals surface area contributed by atoms with Crippen molar-refractivity contribution in [2.45, 2.75) is 26.8 Å². The smallest absolute Gasteiger partial charge is 0.293 e. The molecule has 2 aromatic carbocycles. The van der Waals surface area contributed by atoms with E-state index in [2.05, 4.69) is 5.32 Å². The van der Waals surface area contributed by atoms with E-state index in [4.69, 9.17) is 10.5 Å². The van der Waals surface area contributed by atoms with Crippen LogP contribution in [0.2, 0.25) is 0 Å². The van der Waals surface area contributed by atoms with Crippen LogP contribution in [0.25, 0.3) is 0 Å². The average Bonchev–Trinajstić information content (AvgIpc) is 2.57. The van der Waals surface area contributed by atoms with Gasteiger partial charge in [0.25, 0.3) is 11.6 Å². The number of nitrogens with zero attached hydrogens (tertiary/aromatic N) is 1. The van der Waals surface area contributed by atoms with Crippen LogP contribution in [0, 0.1) is 17.0 Å². The van der Waals surface area contributed by atoms with E-state index in [1.807, 2.05) is 38.1 Å². The van der Waals surface area contributed by atoms with Gasteiger partial charge in [-0.15, -0.1) is 0 Å². The highest BCUT2D eigenvalue weighted by atomic mass is 16.6. The van der Waals surface area contributed by atoms with Crippen LogP contribution in [0.3, 0.4) is 0 Å². The van der Waals surface area contributed by atoms with E-state index < -0.39 is 10.8 Å². The first-order valence-electron chi connectivity index (χ1n) is 7.91. The number of benzene rings is 2. The molecule has 2 aromatic rings. The van der Waals surface area contributed by atoms with Crippen LogP contribution in [-0.4, -0.2) is 17.4 Å². The molecule has 0 spiro atoms. The van der Waals surface area contributed by atoms with Gasteiger partial charge in [0.15, 0.2) is 0 Å². The molecule has 0 fully saturated rings. The van der Waals surface area contributed by atoms with Gasteiger partial charge in [-0.1, -0.05) is 12.1 Å². The third-order valence-electron chi connectivity index (χ3n) is 3.78. The third-order valence-corrected chi connectivity index (χ3v) is 3.78. The van der Waals surface area contributed by atoms with Crippen LogP contribution in [0.1, 0.15) is 41.4 Å². The fraction of sp³-hybridized carbons (Fsp3) is 0.278. The molecule has 0 heterocycles. The van der Waals surface area contributed by atoms with Crippen molar-refractivity contribution in [1.82, 2.24) is 5.32 Å². The number of nitrogens with one attached hydrogen (secondary N) is 1. The van der Waals surface area contributed by atoms with Gasteiger partial charge in [-0.2, -0.15) is 0 Å². The van der Waals surface area contributed by atoms with Crippen molar-refractivity contribution in [2.24, 2.45) is 0 Å². The van der Waals surface area contributed by atoms with Crippen molar-refractivity contribution in [1.29, 1.82) is 0 Å². The Morgan fingerprint density at radius 3 is 2.52 bits per heavy atom. The zero-order valence-electron chi connectivity index (χ0n) is 14.4. The van der Waals surface area contributed by atoms with E-state index >= 15 is 0 Å². The van der Waals surface area contributed by atoms with E-state index in [1.54, 1.807) is 13.0 Å². The largest absolute Gasteiger partial charge is 0.494 e. The molecule has 3 N–H and O–H groups in total. The van der Waals surface area contributed by atoms with Crippen molar-refractivity contribution in [3.63, 3.8) is 0 Å². The Morgan fingerprint density at radius 1 is 1.32 bits per heavy atom. The van der Waals surface area contributed by atoms with Crippen molar-refractivity contribution >= 4 is 17.3 Å². The molecular weight excluding hydrogens is 322 g/mol. The van der Waals surface area contributed by atoms with Crippen molar-refractivity contribution in [3.8, 4) is 5.75 Å². The SMILES string of the molecule is CCOc1ccc(C(C)NC(=O)c2cc(C)cc([N+](=O)[O-])c2N)cc1. The molecule has 0 saturated carbocycles. The molecule has 0 bridgehead atoms.